The third kappa shape index (κ3) is 3.28. The number of hydrogen-bond acceptors (Lipinski definition) is 4. The second-order valence-electron chi connectivity index (χ2n) is 8.10. The maximum absolute atomic E-state index is 12.9. The van der Waals surface area contributed by atoms with Crippen molar-refractivity contribution in [3.63, 3.8) is 0 Å². The van der Waals surface area contributed by atoms with E-state index in [1.807, 2.05) is 44.0 Å². The number of hydrogen-bond donors (Lipinski definition) is 0. The fraction of sp³-hybridized carbons (Fsp3) is 0.318. The van der Waals surface area contributed by atoms with Crippen LogP contribution in [0.15, 0.2) is 48.1 Å². The molecule has 0 saturated heterocycles. The Bertz CT molecular complexity index is 988. The highest BCUT2D eigenvalue weighted by molar-refractivity contribution is 7.13. The maximum Gasteiger partial charge on any atom is 0.232 e. The SMILES string of the molecule is C[C@@H]1Cc2cc(-c3csc(-c4cccnc4)n3)ccc2N1C(=O)C(C)(C)C. The molecule has 1 amide bonds. The lowest BCUT2D eigenvalue weighted by Gasteiger charge is -2.29. The van der Waals surface area contributed by atoms with Crippen molar-refractivity contribution in [3.8, 4) is 21.8 Å². The van der Waals surface area contributed by atoms with Gasteiger partial charge in [-0.3, -0.25) is 9.78 Å². The number of fused-ring (bicyclic) bond motifs is 1. The highest BCUT2D eigenvalue weighted by atomic mass is 32.1. The van der Waals surface area contributed by atoms with Gasteiger partial charge in [0.1, 0.15) is 5.01 Å². The molecule has 0 radical (unpaired) electrons. The quantitative estimate of drug-likeness (QED) is 0.617. The minimum atomic E-state index is -0.387. The van der Waals surface area contributed by atoms with E-state index in [-0.39, 0.29) is 17.4 Å². The highest BCUT2D eigenvalue weighted by Crippen LogP contribution is 2.38. The first-order valence-electron chi connectivity index (χ1n) is 9.17. The Labute approximate surface area is 163 Å². The summed E-state index contributed by atoms with van der Waals surface area (Å²) in [4.78, 5) is 23.8. The summed E-state index contributed by atoms with van der Waals surface area (Å²) in [6, 6.07) is 10.5. The molecule has 1 aliphatic heterocycles. The van der Waals surface area contributed by atoms with Gasteiger partial charge < -0.3 is 4.90 Å². The number of pyridine rings is 1. The van der Waals surface area contributed by atoms with E-state index in [0.29, 0.717) is 0 Å². The van der Waals surface area contributed by atoms with E-state index in [9.17, 15) is 4.79 Å². The summed E-state index contributed by atoms with van der Waals surface area (Å²) in [7, 11) is 0. The van der Waals surface area contributed by atoms with Crippen molar-refractivity contribution in [2.24, 2.45) is 5.41 Å². The Morgan fingerprint density at radius 2 is 2.04 bits per heavy atom. The molecule has 0 N–H and O–H groups in total. The van der Waals surface area contributed by atoms with Gasteiger partial charge in [-0.15, -0.1) is 11.3 Å². The Morgan fingerprint density at radius 1 is 1.22 bits per heavy atom. The number of amides is 1. The smallest absolute Gasteiger partial charge is 0.232 e. The van der Waals surface area contributed by atoms with Crippen LogP contribution >= 0.6 is 11.3 Å². The van der Waals surface area contributed by atoms with Crippen molar-refractivity contribution in [1.82, 2.24) is 9.97 Å². The number of carbonyl (C=O) groups excluding carboxylic acids is 1. The van der Waals surface area contributed by atoms with Gasteiger partial charge in [-0.2, -0.15) is 0 Å². The van der Waals surface area contributed by atoms with Crippen LogP contribution in [0, 0.1) is 5.41 Å². The van der Waals surface area contributed by atoms with Gasteiger partial charge in [-0.1, -0.05) is 26.8 Å². The first kappa shape index (κ1) is 17.9. The van der Waals surface area contributed by atoms with Crippen LogP contribution in [0.25, 0.3) is 21.8 Å². The molecule has 0 aliphatic carbocycles. The van der Waals surface area contributed by atoms with E-state index in [1.54, 1.807) is 17.5 Å². The monoisotopic (exact) mass is 377 g/mol. The molecule has 3 heterocycles. The molecule has 2 aromatic heterocycles. The number of carbonyl (C=O) groups is 1. The van der Waals surface area contributed by atoms with Crippen molar-refractivity contribution in [3.05, 3.63) is 53.7 Å². The fourth-order valence-corrected chi connectivity index (χ4v) is 4.31. The van der Waals surface area contributed by atoms with Gasteiger partial charge in [0.15, 0.2) is 0 Å². The zero-order chi connectivity index (χ0) is 19.2. The fourth-order valence-electron chi connectivity index (χ4n) is 3.49. The summed E-state index contributed by atoms with van der Waals surface area (Å²) >= 11 is 1.62. The van der Waals surface area contributed by atoms with Crippen molar-refractivity contribution in [2.45, 2.75) is 40.2 Å². The molecule has 1 aromatic carbocycles. The van der Waals surface area contributed by atoms with Crippen molar-refractivity contribution < 1.29 is 4.79 Å². The molecule has 0 fully saturated rings. The minimum absolute atomic E-state index is 0.175. The highest BCUT2D eigenvalue weighted by Gasteiger charge is 2.36. The lowest BCUT2D eigenvalue weighted by molar-refractivity contribution is -0.126. The molecular weight excluding hydrogens is 354 g/mol. The lowest BCUT2D eigenvalue weighted by Crippen LogP contribution is -2.42. The molecule has 138 valence electrons. The van der Waals surface area contributed by atoms with Crippen LogP contribution in [0.3, 0.4) is 0 Å². The largest absolute Gasteiger partial charge is 0.309 e. The summed E-state index contributed by atoms with van der Waals surface area (Å²) in [5, 5.41) is 3.05. The lowest BCUT2D eigenvalue weighted by atomic mass is 9.94. The Hall–Kier alpha value is -2.53. The van der Waals surface area contributed by atoms with Gasteiger partial charge in [0.05, 0.1) is 5.69 Å². The van der Waals surface area contributed by atoms with E-state index in [1.165, 1.54) is 5.56 Å². The molecule has 27 heavy (non-hydrogen) atoms. The molecule has 3 aromatic rings. The zero-order valence-electron chi connectivity index (χ0n) is 16.1. The molecule has 4 rings (SSSR count). The number of thiazole rings is 1. The van der Waals surface area contributed by atoms with Gasteiger partial charge in [-0.05, 0) is 43.2 Å². The number of aromatic nitrogens is 2. The van der Waals surface area contributed by atoms with Gasteiger partial charge >= 0.3 is 0 Å². The van der Waals surface area contributed by atoms with Crippen molar-refractivity contribution in [2.75, 3.05) is 4.90 Å². The van der Waals surface area contributed by atoms with Gasteiger partial charge in [0.25, 0.3) is 0 Å². The van der Waals surface area contributed by atoms with Crippen molar-refractivity contribution >= 4 is 22.9 Å². The Balaban J connectivity index is 1.66. The molecular formula is C22H23N3OS. The molecule has 1 atom stereocenters. The minimum Gasteiger partial charge on any atom is -0.309 e. The van der Waals surface area contributed by atoms with Crippen LogP contribution in [-0.4, -0.2) is 21.9 Å². The van der Waals surface area contributed by atoms with Crippen LogP contribution in [0.2, 0.25) is 0 Å². The molecule has 0 unspecified atom stereocenters. The molecule has 4 nitrogen and oxygen atoms in total. The van der Waals surface area contributed by atoms with Gasteiger partial charge in [-0.25, -0.2) is 4.98 Å². The zero-order valence-corrected chi connectivity index (χ0v) is 16.9. The van der Waals surface area contributed by atoms with Gasteiger partial charge in [0, 0.05) is 46.0 Å². The summed E-state index contributed by atoms with van der Waals surface area (Å²) in [6.45, 7) is 8.05. The second kappa shape index (κ2) is 6.57. The standard InChI is InChI=1S/C22H23N3OS/c1-14-10-17-11-15(7-8-19(17)25(14)21(26)22(2,3)4)18-13-27-20(24-18)16-6-5-9-23-12-16/h5-9,11-14H,10H2,1-4H3/t14-/m1/s1. The third-order valence-corrected chi connectivity index (χ3v) is 5.76. The first-order valence-corrected chi connectivity index (χ1v) is 10.1. The normalized spacial score (nSPS) is 16.4. The van der Waals surface area contributed by atoms with E-state index in [2.05, 4.69) is 35.5 Å². The van der Waals surface area contributed by atoms with Crippen LogP contribution in [0.1, 0.15) is 33.3 Å². The first-order chi connectivity index (χ1) is 12.8. The van der Waals surface area contributed by atoms with E-state index in [0.717, 1.165) is 33.9 Å². The molecule has 0 saturated carbocycles. The van der Waals surface area contributed by atoms with Crippen LogP contribution in [0.5, 0.6) is 0 Å². The average molecular weight is 378 g/mol. The predicted octanol–water partition coefficient (Wildman–Crippen LogP) is 5.20. The molecule has 0 bridgehead atoms. The van der Waals surface area contributed by atoms with E-state index >= 15 is 0 Å². The summed E-state index contributed by atoms with van der Waals surface area (Å²) < 4.78 is 0. The van der Waals surface area contributed by atoms with Crippen LogP contribution in [0.4, 0.5) is 5.69 Å². The van der Waals surface area contributed by atoms with Gasteiger partial charge in [0.2, 0.25) is 5.91 Å². The van der Waals surface area contributed by atoms with Crippen LogP contribution in [-0.2, 0) is 11.2 Å². The van der Waals surface area contributed by atoms with E-state index in [4.69, 9.17) is 4.98 Å². The second-order valence-corrected chi connectivity index (χ2v) is 8.96. The number of rotatable bonds is 2. The van der Waals surface area contributed by atoms with E-state index < -0.39 is 0 Å². The number of anilines is 1. The number of benzene rings is 1. The molecule has 1 aliphatic rings. The maximum atomic E-state index is 12.9. The average Bonchev–Trinajstić information content (AvgIpc) is 3.24. The predicted molar refractivity (Wildman–Crippen MR) is 111 cm³/mol. The van der Waals surface area contributed by atoms with Crippen LogP contribution < -0.4 is 4.90 Å². The summed E-state index contributed by atoms with van der Waals surface area (Å²) in [5.74, 6) is 0.175. The summed E-state index contributed by atoms with van der Waals surface area (Å²) in [5.41, 5.74) is 4.96. The Kier molecular flexibility index (Phi) is 4.35. The van der Waals surface area contributed by atoms with Crippen molar-refractivity contribution in [1.29, 1.82) is 0 Å². The third-order valence-electron chi connectivity index (χ3n) is 4.86. The topological polar surface area (TPSA) is 46.1 Å². The number of nitrogens with zero attached hydrogens (tertiary/aromatic N) is 3. The summed E-state index contributed by atoms with van der Waals surface area (Å²) in [6.07, 6.45) is 4.48. The Morgan fingerprint density at radius 3 is 2.74 bits per heavy atom. The molecule has 5 heteroatoms. The molecule has 0 spiro atoms.